The Morgan fingerprint density at radius 3 is 2.71 bits per heavy atom. The summed E-state index contributed by atoms with van der Waals surface area (Å²) in [5.41, 5.74) is 0.917. The molecule has 0 bridgehead atoms. The summed E-state index contributed by atoms with van der Waals surface area (Å²) in [6.07, 6.45) is 2.16. The molecule has 1 fully saturated rings. The number of nitrogens with zero attached hydrogens (tertiary/aromatic N) is 1. The highest BCUT2D eigenvalue weighted by atomic mass is 32.1. The molecule has 1 aliphatic heterocycles. The molecule has 1 N–H and O–H groups in total. The SMILES string of the molecule is O=C(NCCc1ccc(OC(F)F)cc1)C1CCCN(C(=O)c2cccs2)C1. The number of ether oxygens (including phenoxy) is 1. The highest BCUT2D eigenvalue weighted by molar-refractivity contribution is 7.12. The number of benzene rings is 1. The smallest absolute Gasteiger partial charge is 0.387 e. The van der Waals surface area contributed by atoms with Gasteiger partial charge in [0.25, 0.3) is 5.91 Å². The van der Waals surface area contributed by atoms with Crippen LogP contribution in [-0.4, -0.2) is 43.0 Å². The fourth-order valence-corrected chi connectivity index (χ4v) is 3.93. The van der Waals surface area contributed by atoms with Gasteiger partial charge < -0.3 is 15.0 Å². The van der Waals surface area contributed by atoms with Gasteiger partial charge in [-0.25, -0.2) is 0 Å². The number of hydrogen-bond donors (Lipinski definition) is 1. The molecule has 2 heterocycles. The topological polar surface area (TPSA) is 58.6 Å². The van der Waals surface area contributed by atoms with Gasteiger partial charge in [0, 0.05) is 19.6 Å². The van der Waals surface area contributed by atoms with Crippen molar-refractivity contribution in [3.8, 4) is 5.75 Å². The number of piperidine rings is 1. The Morgan fingerprint density at radius 1 is 1.25 bits per heavy atom. The van der Waals surface area contributed by atoms with Crippen molar-refractivity contribution in [1.29, 1.82) is 0 Å². The van der Waals surface area contributed by atoms with E-state index >= 15 is 0 Å². The zero-order valence-electron chi connectivity index (χ0n) is 15.3. The van der Waals surface area contributed by atoms with Gasteiger partial charge >= 0.3 is 6.61 Å². The Morgan fingerprint density at radius 2 is 2.04 bits per heavy atom. The van der Waals surface area contributed by atoms with Crippen molar-refractivity contribution >= 4 is 23.2 Å². The number of carbonyl (C=O) groups is 2. The maximum absolute atomic E-state index is 12.5. The lowest BCUT2D eigenvalue weighted by Gasteiger charge is -2.31. The van der Waals surface area contributed by atoms with Crippen molar-refractivity contribution in [2.45, 2.75) is 25.9 Å². The fourth-order valence-electron chi connectivity index (χ4n) is 3.24. The number of halogens is 2. The van der Waals surface area contributed by atoms with Gasteiger partial charge in [0.2, 0.25) is 5.91 Å². The molecule has 5 nitrogen and oxygen atoms in total. The van der Waals surface area contributed by atoms with Crippen LogP contribution in [0.25, 0.3) is 0 Å². The molecule has 1 aromatic heterocycles. The summed E-state index contributed by atoms with van der Waals surface area (Å²) in [5, 5.41) is 4.78. The summed E-state index contributed by atoms with van der Waals surface area (Å²) in [6, 6.07) is 10.0. The van der Waals surface area contributed by atoms with Crippen LogP contribution >= 0.6 is 11.3 Å². The van der Waals surface area contributed by atoms with Gasteiger partial charge in [-0.3, -0.25) is 9.59 Å². The number of alkyl halides is 2. The fraction of sp³-hybridized carbons (Fsp3) is 0.400. The van der Waals surface area contributed by atoms with Crippen LogP contribution in [0.2, 0.25) is 0 Å². The molecule has 2 aromatic rings. The van der Waals surface area contributed by atoms with E-state index in [4.69, 9.17) is 0 Å². The monoisotopic (exact) mass is 408 g/mol. The minimum atomic E-state index is -2.84. The summed E-state index contributed by atoms with van der Waals surface area (Å²) in [4.78, 5) is 27.4. The van der Waals surface area contributed by atoms with Crippen LogP contribution in [0.15, 0.2) is 41.8 Å². The van der Waals surface area contributed by atoms with Crippen LogP contribution < -0.4 is 10.1 Å². The summed E-state index contributed by atoms with van der Waals surface area (Å²) in [7, 11) is 0. The molecule has 2 amide bonds. The second-order valence-corrected chi connectivity index (χ2v) is 7.58. The highest BCUT2D eigenvalue weighted by Gasteiger charge is 2.29. The molecule has 0 spiro atoms. The van der Waals surface area contributed by atoms with Crippen LogP contribution in [0, 0.1) is 5.92 Å². The van der Waals surface area contributed by atoms with Gasteiger partial charge in [-0.15, -0.1) is 11.3 Å². The molecule has 1 aromatic carbocycles. The van der Waals surface area contributed by atoms with Crippen molar-refractivity contribution in [3.05, 3.63) is 52.2 Å². The Kier molecular flexibility index (Phi) is 6.97. The van der Waals surface area contributed by atoms with Crippen molar-refractivity contribution in [2.24, 2.45) is 5.92 Å². The minimum absolute atomic E-state index is 0.0152. The first-order valence-electron chi connectivity index (χ1n) is 9.17. The molecule has 1 saturated heterocycles. The predicted molar refractivity (Wildman–Crippen MR) is 103 cm³/mol. The summed E-state index contributed by atoms with van der Waals surface area (Å²) in [5.74, 6) is -0.167. The molecule has 28 heavy (non-hydrogen) atoms. The highest BCUT2D eigenvalue weighted by Crippen LogP contribution is 2.21. The molecule has 1 aliphatic rings. The van der Waals surface area contributed by atoms with Gasteiger partial charge in [-0.2, -0.15) is 8.78 Å². The number of nitrogens with one attached hydrogen (secondary N) is 1. The van der Waals surface area contributed by atoms with E-state index in [2.05, 4.69) is 10.1 Å². The molecule has 150 valence electrons. The second kappa shape index (κ2) is 9.64. The van der Waals surface area contributed by atoms with E-state index in [0.29, 0.717) is 30.9 Å². The molecule has 1 atom stereocenters. The van der Waals surface area contributed by atoms with Gasteiger partial charge in [0.05, 0.1) is 10.8 Å². The molecule has 0 aliphatic carbocycles. The maximum atomic E-state index is 12.5. The normalized spacial score (nSPS) is 16.8. The number of carbonyl (C=O) groups excluding carboxylic acids is 2. The quantitative estimate of drug-likeness (QED) is 0.762. The van der Waals surface area contributed by atoms with Gasteiger partial charge in [-0.05, 0) is 48.4 Å². The minimum Gasteiger partial charge on any atom is -0.435 e. The van der Waals surface area contributed by atoms with Crippen LogP contribution in [0.1, 0.15) is 28.1 Å². The first kappa shape index (κ1) is 20.3. The maximum Gasteiger partial charge on any atom is 0.387 e. The Balaban J connectivity index is 1.45. The van der Waals surface area contributed by atoms with E-state index in [1.807, 2.05) is 11.4 Å². The molecule has 0 radical (unpaired) electrons. The van der Waals surface area contributed by atoms with Crippen LogP contribution in [0.3, 0.4) is 0 Å². The molecular formula is C20H22F2N2O3S. The number of rotatable bonds is 7. The lowest BCUT2D eigenvalue weighted by atomic mass is 9.97. The molecule has 0 saturated carbocycles. The predicted octanol–water partition coefficient (Wildman–Crippen LogP) is 3.56. The van der Waals surface area contributed by atoms with Crippen molar-refractivity contribution in [3.63, 3.8) is 0 Å². The third-order valence-corrected chi connectivity index (χ3v) is 5.53. The molecule has 1 unspecified atom stereocenters. The zero-order chi connectivity index (χ0) is 19.9. The number of thiophene rings is 1. The lowest BCUT2D eigenvalue weighted by molar-refractivity contribution is -0.126. The number of likely N-dealkylation sites (tertiary alicyclic amines) is 1. The molecule has 8 heteroatoms. The third-order valence-electron chi connectivity index (χ3n) is 4.67. The largest absolute Gasteiger partial charge is 0.435 e. The Hall–Kier alpha value is -2.48. The van der Waals surface area contributed by atoms with Gasteiger partial charge in [0.1, 0.15) is 5.75 Å². The van der Waals surface area contributed by atoms with Crippen molar-refractivity contribution in [1.82, 2.24) is 10.2 Å². The average molecular weight is 408 g/mol. The number of hydrogen-bond acceptors (Lipinski definition) is 4. The second-order valence-electron chi connectivity index (χ2n) is 6.63. The summed E-state index contributed by atoms with van der Waals surface area (Å²) < 4.78 is 28.6. The summed E-state index contributed by atoms with van der Waals surface area (Å²) in [6.45, 7) is -1.29. The van der Waals surface area contributed by atoms with Gasteiger partial charge in [0.15, 0.2) is 0 Å². The first-order valence-corrected chi connectivity index (χ1v) is 10.0. The van der Waals surface area contributed by atoms with Crippen molar-refractivity contribution < 1.29 is 23.1 Å². The van der Waals surface area contributed by atoms with E-state index in [1.165, 1.54) is 23.5 Å². The standard InChI is InChI=1S/C20H22F2N2O3S/c21-20(22)27-16-7-5-14(6-8-16)9-10-23-18(25)15-3-1-11-24(13-15)19(26)17-4-2-12-28-17/h2,4-8,12,15,20H,1,3,9-11,13H2,(H,23,25). The average Bonchev–Trinajstić information content (AvgIpc) is 3.23. The molecule has 3 rings (SSSR count). The van der Waals surface area contributed by atoms with Crippen LogP contribution in [-0.2, 0) is 11.2 Å². The van der Waals surface area contributed by atoms with Crippen LogP contribution in [0.5, 0.6) is 5.75 Å². The van der Waals surface area contributed by atoms with E-state index in [9.17, 15) is 18.4 Å². The Bertz CT molecular complexity index is 781. The zero-order valence-corrected chi connectivity index (χ0v) is 16.1. The van der Waals surface area contributed by atoms with E-state index in [-0.39, 0.29) is 23.5 Å². The number of amides is 2. The van der Waals surface area contributed by atoms with Gasteiger partial charge in [-0.1, -0.05) is 18.2 Å². The van der Waals surface area contributed by atoms with Crippen molar-refractivity contribution in [2.75, 3.05) is 19.6 Å². The first-order chi connectivity index (χ1) is 13.5. The lowest BCUT2D eigenvalue weighted by Crippen LogP contribution is -2.45. The third kappa shape index (κ3) is 5.51. The van der Waals surface area contributed by atoms with E-state index < -0.39 is 6.61 Å². The Labute approximate surface area is 166 Å². The van der Waals surface area contributed by atoms with E-state index in [0.717, 1.165) is 18.4 Å². The molecular weight excluding hydrogens is 386 g/mol. The van der Waals surface area contributed by atoms with Crippen LogP contribution in [0.4, 0.5) is 8.78 Å². The van der Waals surface area contributed by atoms with E-state index in [1.54, 1.807) is 23.1 Å². The summed E-state index contributed by atoms with van der Waals surface area (Å²) >= 11 is 1.41.